The monoisotopic (exact) mass is 370 g/mol. The topological polar surface area (TPSA) is 32.8 Å². The van der Waals surface area contributed by atoms with Crippen molar-refractivity contribution in [3.63, 3.8) is 0 Å². The van der Waals surface area contributed by atoms with Crippen molar-refractivity contribution in [2.45, 2.75) is 32.2 Å². The fourth-order valence-electron chi connectivity index (χ4n) is 3.56. The number of hydrogen-bond donors (Lipinski definition) is 0. The number of carbonyl (C=O) groups excluding carboxylic acids is 1. The largest absolute Gasteiger partial charge is 0.494 e. The Morgan fingerprint density at radius 1 is 1.19 bits per heavy atom. The zero-order chi connectivity index (χ0) is 19.2. The molecule has 0 atom stereocenters. The Morgan fingerprint density at radius 2 is 1.93 bits per heavy atom. The van der Waals surface area contributed by atoms with E-state index in [-0.39, 0.29) is 11.7 Å². The third kappa shape index (κ3) is 4.79. The van der Waals surface area contributed by atoms with Crippen LogP contribution in [0.3, 0.4) is 0 Å². The second-order valence-electron chi connectivity index (χ2n) is 7.04. The molecule has 1 amide bonds. The molecular formula is C22H27FN2O2. The molecule has 0 aromatic heterocycles. The molecule has 5 heteroatoms. The summed E-state index contributed by atoms with van der Waals surface area (Å²) in [5.74, 6) is -0.112. The van der Waals surface area contributed by atoms with E-state index in [1.54, 1.807) is 17.0 Å². The number of amides is 1. The van der Waals surface area contributed by atoms with E-state index in [0.717, 1.165) is 18.7 Å². The van der Waals surface area contributed by atoms with Crippen LogP contribution in [0.25, 0.3) is 0 Å². The molecule has 2 aromatic rings. The third-order valence-corrected chi connectivity index (χ3v) is 5.12. The number of nitrogens with zero attached hydrogens (tertiary/aromatic N) is 2. The van der Waals surface area contributed by atoms with Crippen molar-refractivity contribution >= 4 is 11.6 Å². The number of methoxy groups -OCH3 is 1. The molecule has 144 valence electrons. The van der Waals surface area contributed by atoms with Crippen molar-refractivity contribution in [1.82, 2.24) is 4.90 Å². The van der Waals surface area contributed by atoms with Crippen molar-refractivity contribution in [1.29, 1.82) is 0 Å². The van der Waals surface area contributed by atoms with E-state index in [2.05, 4.69) is 23.1 Å². The fourth-order valence-corrected chi connectivity index (χ4v) is 3.56. The number of aryl methyl sites for hydroxylation is 1. The molecule has 0 spiro atoms. The Hall–Kier alpha value is -2.56. The number of benzene rings is 2. The van der Waals surface area contributed by atoms with Gasteiger partial charge in [0.25, 0.3) is 0 Å². The summed E-state index contributed by atoms with van der Waals surface area (Å²) in [5, 5.41) is 0. The van der Waals surface area contributed by atoms with Crippen LogP contribution >= 0.6 is 0 Å². The number of hydrogen-bond acceptors (Lipinski definition) is 3. The summed E-state index contributed by atoms with van der Waals surface area (Å²) in [6.45, 7) is 2.75. The lowest BCUT2D eigenvalue weighted by molar-refractivity contribution is -0.130. The number of ether oxygens (including phenoxy) is 1. The molecule has 0 N–H and O–H groups in total. The van der Waals surface area contributed by atoms with Crippen LogP contribution < -0.4 is 9.64 Å². The van der Waals surface area contributed by atoms with Crippen LogP contribution in [0.4, 0.5) is 10.1 Å². The lowest BCUT2D eigenvalue weighted by atomic mass is 10.1. The third-order valence-electron chi connectivity index (χ3n) is 5.12. The normalized spacial score (nSPS) is 13.7. The standard InChI is InChI=1S/C22H27FN2O2/c1-24(16-18-7-3-4-8-20(18)25-13-5-6-14-25)22(26)12-10-17-9-11-21(27-2)19(23)15-17/h3-4,7-9,11,15H,5-6,10,12-14,16H2,1-2H3. The summed E-state index contributed by atoms with van der Waals surface area (Å²) in [6.07, 6.45) is 3.31. The first kappa shape index (κ1) is 19.2. The lowest BCUT2D eigenvalue weighted by Crippen LogP contribution is -2.28. The van der Waals surface area contributed by atoms with E-state index in [4.69, 9.17) is 4.74 Å². The first-order chi connectivity index (χ1) is 13.1. The van der Waals surface area contributed by atoms with Crippen LogP contribution in [0.2, 0.25) is 0 Å². The van der Waals surface area contributed by atoms with Crippen LogP contribution in [0, 0.1) is 5.82 Å². The van der Waals surface area contributed by atoms with Crippen LogP contribution in [-0.4, -0.2) is 38.1 Å². The number of carbonyl (C=O) groups is 1. The zero-order valence-corrected chi connectivity index (χ0v) is 16.1. The second kappa shape index (κ2) is 8.89. The van der Waals surface area contributed by atoms with Gasteiger partial charge >= 0.3 is 0 Å². The quantitative estimate of drug-likeness (QED) is 0.738. The van der Waals surface area contributed by atoms with Gasteiger partial charge in [0, 0.05) is 38.8 Å². The number of rotatable bonds is 7. The SMILES string of the molecule is COc1ccc(CCC(=O)N(C)Cc2ccccc2N2CCCC2)cc1F. The van der Waals surface area contributed by atoms with Crippen molar-refractivity contribution in [3.8, 4) is 5.75 Å². The molecule has 4 nitrogen and oxygen atoms in total. The maximum atomic E-state index is 13.8. The van der Waals surface area contributed by atoms with Gasteiger partial charge in [-0.15, -0.1) is 0 Å². The molecule has 2 aromatic carbocycles. The van der Waals surface area contributed by atoms with Crippen LogP contribution in [0.1, 0.15) is 30.4 Å². The Balaban J connectivity index is 1.59. The second-order valence-corrected chi connectivity index (χ2v) is 7.04. The molecule has 1 saturated heterocycles. The van der Waals surface area contributed by atoms with Crippen molar-refractivity contribution in [2.24, 2.45) is 0 Å². The molecule has 27 heavy (non-hydrogen) atoms. The highest BCUT2D eigenvalue weighted by atomic mass is 19.1. The summed E-state index contributed by atoms with van der Waals surface area (Å²) in [4.78, 5) is 16.7. The van der Waals surface area contributed by atoms with Gasteiger partial charge in [-0.25, -0.2) is 4.39 Å². The van der Waals surface area contributed by atoms with E-state index in [0.29, 0.717) is 19.4 Å². The molecule has 0 bridgehead atoms. The highest BCUT2D eigenvalue weighted by Gasteiger charge is 2.17. The van der Waals surface area contributed by atoms with E-state index < -0.39 is 5.82 Å². The molecule has 1 aliphatic rings. The molecule has 1 aliphatic heterocycles. The van der Waals surface area contributed by atoms with Gasteiger partial charge in [0.05, 0.1) is 7.11 Å². The van der Waals surface area contributed by atoms with Crippen molar-refractivity contribution in [2.75, 3.05) is 32.1 Å². The molecular weight excluding hydrogens is 343 g/mol. The summed E-state index contributed by atoms with van der Waals surface area (Å²) >= 11 is 0. The average Bonchev–Trinajstić information content (AvgIpc) is 3.21. The highest BCUT2D eigenvalue weighted by molar-refractivity contribution is 5.76. The molecule has 1 heterocycles. The molecule has 0 saturated carbocycles. The fraction of sp³-hybridized carbons (Fsp3) is 0.409. The summed E-state index contributed by atoms with van der Waals surface area (Å²) in [6, 6.07) is 13.2. The van der Waals surface area contributed by atoms with Crippen molar-refractivity contribution in [3.05, 3.63) is 59.4 Å². The maximum Gasteiger partial charge on any atom is 0.222 e. The molecule has 0 unspecified atom stereocenters. The highest BCUT2D eigenvalue weighted by Crippen LogP contribution is 2.25. The summed E-state index contributed by atoms with van der Waals surface area (Å²) in [7, 11) is 3.27. The average molecular weight is 370 g/mol. The van der Waals surface area contributed by atoms with E-state index >= 15 is 0 Å². The van der Waals surface area contributed by atoms with Gasteiger partial charge < -0.3 is 14.5 Å². The van der Waals surface area contributed by atoms with Gasteiger partial charge in [-0.2, -0.15) is 0 Å². The Morgan fingerprint density at radius 3 is 2.63 bits per heavy atom. The minimum absolute atomic E-state index is 0.0578. The van der Waals surface area contributed by atoms with Gasteiger partial charge in [0.15, 0.2) is 11.6 Å². The number of anilines is 1. The summed E-state index contributed by atoms with van der Waals surface area (Å²) < 4.78 is 18.7. The Kier molecular flexibility index (Phi) is 6.32. The number of halogens is 1. The predicted octanol–water partition coefficient (Wildman–Crippen LogP) is 4.03. The van der Waals surface area contributed by atoms with Crippen molar-refractivity contribution < 1.29 is 13.9 Å². The lowest BCUT2D eigenvalue weighted by Gasteiger charge is -2.24. The minimum atomic E-state index is -0.393. The molecule has 0 radical (unpaired) electrons. The molecule has 0 aliphatic carbocycles. The number of para-hydroxylation sites is 1. The first-order valence-electron chi connectivity index (χ1n) is 9.47. The Labute approximate surface area is 160 Å². The van der Waals surface area contributed by atoms with Crippen LogP contribution in [0.15, 0.2) is 42.5 Å². The maximum absolute atomic E-state index is 13.8. The van der Waals surface area contributed by atoms with E-state index in [9.17, 15) is 9.18 Å². The first-order valence-corrected chi connectivity index (χ1v) is 9.47. The predicted molar refractivity (Wildman–Crippen MR) is 106 cm³/mol. The zero-order valence-electron chi connectivity index (χ0n) is 16.1. The van der Waals surface area contributed by atoms with Gasteiger partial charge in [0.2, 0.25) is 5.91 Å². The van der Waals surface area contributed by atoms with Gasteiger partial charge in [-0.3, -0.25) is 4.79 Å². The minimum Gasteiger partial charge on any atom is -0.494 e. The smallest absolute Gasteiger partial charge is 0.222 e. The molecule has 3 rings (SSSR count). The van der Waals surface area contributed by atoms with Gasteiger partial charge in [0.1, 0.15) is 0 Å². The van der Waals surface area contributed by atoms with Gasteiger partial charge in [-0.1, -0.05) is 24.3 Å². The van der Waals surface area contributed by atoms with Gasteiger partial charge in [-0.05, 0) is 48.6 Å². The van der Waals surface area contributed by atoms with Crippen LogP contribution in [0.5, 0.6) is 5.75 Å². The Bertz CT molecular complexity index is 788. The van der Waals surface area contributed by atoms with E-state index in [1.165, 1.54) is 37.3 Å². The van der Waals surface area contributed by atoms with E-state index in [1.807, 2.05) is 13.1 Å². The summed E-state index contributed by atoms with van der Waals surface area (Å²) in [5.41, 5.74) is 3.20. The molecule has 1 fully saturated rings. The van der Waals surface area contributed by atoms with Crippen LogP contribution in [-0.2, 0) is 17.8 Å².